The minimum atomic E-state index is 0.236. The maximum Gasteiger partial charge on any atom is 0.233 e. The van der Waals surface area contributed by atoms with Crippen LogP contribution in [0.1, 0.15) is 18.2 Å². The van der Waals surface area contributed by atoms with Crippen molar-refractivity contribution in [2.45, 2.75) is 19.5 Å². The first-order valence-corrected chi connectivity index (χ1v) is 6.76. The average molecular weight is 270 g/mol. The Morgan fingerprint density at radius 2 is 2.15 bits per heavy atom. The summed E-state index contributed by atoms with van der Waals surface area (Å²) < 4.78 is 13.2. The summed E-state index contributed by atoms with van der Waals surface area (Å²) in [5.74, 6) is 1.63. The molecule has 3 rings (SSSR count). The summed E-state index contributed by atoms with van der Waals surface area (Å²) >= 11 is 0. The highest BCUT2D eigenvalue weighted by Crippen LogP contribution is 2.20. The number of hydrogen-bond acceptors (Lipinski definition) is 3. The Hall–Kier alpha value is -2.23. The van der Waals surface area contributed by atoms with E-state index in [1.54, 1.807) is 7.11 Å². The summed E-state index contributed by atoms with van der Waals surface area (Å²) in [6.45, 7) is 3.46. The van der Waals surface area contributed by atoms with Gasteiger partial charge in [0.05, 0.1) is 19.7 Å². The number of methoxy groups -OCH3 is 1. The van der Waals surface area contributed by atoms with Gasteiger partial charge in [-0.25, -0.2) is 4.99 Å². The van der Waals surface area contributed by atoms with Crippen molar-refractivity contribution in [3.8, 4) is 5.75 Å². The van der Waals surface area contributed by atoms with Crippen LogP contribution in [0.2, 0.25) is 0 Å². The SMILES string of the molecule is COc1ccccc1Cn1cccc1C1=N[C@H](C)CO1. The molecular formula is C16H18N2O2. The van der Waals surface area contributed by atoms with Crippen molar-refractivity contribution in [3.63, 3.8) is 0 Å². The van der Waals surface area contributed by atoms with Crippen LogP contribution < -0.4 is 4.74 Å². The number of aromatic nitrogens is 1. The predicted octanol–water partition coefficient (Wildman–Crippen LogP) is 2.71. The molecule has 0 N–H and O–H groups in total. The van der Waals surface area contributed by atoms with Gasteiger partial charge >= 0.3 is 0 Å². The van der Waals surface area contributed by atoms with E-state index >= 15 is 0 Å². The molecule has 20 heavy (non-hydrogen) atoms. The van der Waals surface area contributed by atoms with Crippen LogP contribution in [0, 0.1) is 0 Å². The molecule has 0 aliphatic carbocycles. The molecule has 1 aromatic carbocycles. The average Bonchev–Trinajstić information content (AvgIpc) is 3.08. The molecule has 2 aromatic rings. The Kier molecular flexibility index (Phi) is 3.46. The molecule has 0 spiro atoms. The molecule has 1 aliphatic rings. The zero-order valence-electron chi connectivity index (χ0n) is 11.7. The topological polar surface area (TPSA) is 35.8 Å². The minimum Gasteiger partial charge on any atom is -0.496 e. The summed E-state index contributed by atoms with van der Waals surface area (Å²) in [7, 11) is 1.70. The smallest absolute Gasteiger partial charge is 0.233 e. The monoisotopic (exact) mass is 270 g/mol. The van der Waals surface area contributed by atoms with Crippen molar-refractivity contribution >= 4 is 5.90 Å². The van der Waals surface area contributed by atoms with Crippen molar-refractivity contribution in [2.75, 3.05) is 13.7 Å². The van der Waals surface area contributed by atoms with Crippen molar-refractivity contribution in [2.24, 2.45) is 4.99 Å². The Morgan fingerprint density at radius 1 is 1.30 bits per heavy atom. The highest BCUT2D eigenvalue weighted by atomic mass is 16.5. The van der Waals surface area contributed by atoms with Gasteiger partial charge < -0.3 is 14.0 Å². The van der Waals surface area contributed by atoms with Gasteiger partial charge in [0.25, 0.3) is 0 Å². The lowest BCUT2D eigenvalue weighted by Crippen LogP contribution is -2.11. The molecule has 2 heterocycles. The molecule has 0 fully saturated rings. The van der Waals surface area contributed by atoms with Crippen molar-refractivity contribution < 1.29 is 9.47 Å². The van der Waals surface area contributed by atoms with Gasteiger partial charge in [-0.1, -0.05) is 18.2 Å². The standard InChI is InChI=1S/C16H18N2O2/c1-12-11-20-16(17-12)14-7-5-9-18(14)10-13-6-3-4-8-15(13)19-2/h3-9,12H,10-11H2,1-2H3/t12-/m1/s1. The number of aliphatic imine (C=N–C) groups is 1. The predicted molar refractivity (Wildman–Crippen MR) is 78.5 cm³/mol. The van der Waals surface area contributed by atoms with Gasteiger partial charge in [0.2, 0.25) is 5.90 Å². The fraction of sp³-hybridized carbons (Fsp3) is 0.312. The number of ether oxygens (including phenoxy) is 2. The largest absolute Gasteiger partial charge is 0.496 e. The molecule has 4 nitrogen and oxygen atoms in total. The second-order valence-corrected chi connectivity index (χ2v) is 4.93. The molecule has 0 bridgehead atoms. The molecule has 0 amide bonds. The molecule has 0 unspecified atom stereocenters. The van der Waals surface area contributed by atoms with Gasteiger partial charge in [0.1, 0.15) is 18.1 Å². The van der Waals surface area contributed by atoms with E-state index < -0.39 is 0 Å². The van der Waals surface area contributed by atoms with Crippen LogP contribution in [0.5, 0.6) is 5.75 Å². The number of para-hydroxylation sites is 1. The number of rotatable bonds is 4. The van der Waals surface area contributed by atoms with Gasteiger partial charge in [0, 0.05) is 11.8 Å². The van der Waals surface area contributed by atoms with Crippen LogP contribution in [0.15, 0.2) is 47.6 Å². The number of nitrogens with zero attached hydrogens (tertiary/aromatic N) is 2. The first-order valence-electron chi connectivity index (χ1n) is 6.76. The van der Waals surface area contributed by atoms with Gasteiger partial charge in [-0.2, -0.15) is 0 Å². The number of benzene rings is 1. The van der Waals surface area contributed by atoms with E-state index in [0.29, 0.717) is 6.61 Å². The van der Waals surface area contributed by atoms with Gasteiger partial charge in [-0.15, -0.1) is 0 Å². The summed E-state index contributed by atoms with van der Waals surface area (Å²) in [4.78, 5) is 4.52. The Bertz CT molecular complexity index is 631. The molecule has 0 saturated heterocycles. The van der Waals surface area contributed by atoms with Crippen molar-refractivity contribution in [1.29, 1.82) is 0 Å². The van der Waals surface area contributed by atoms with E-state index in [0.717, 1.165) is 29.4 Å². The fourth-order valence-corrected chi connectivity index (χ4v) is 2.38. The van der Waals surface area contributed by atoms with E-state index in [9.17, 15) is 0 Å². The third-order valence-corrected chi connectivity index (χ3v) is 3.38. The van der Waals surface area contributed by atoms with Crippen LogP contribution in [-0.4, -0.2) is 30.2 Å². The van der Waals surface area contributed by atoms with Crippen LogP contribution in [0.4, 0.5) is 0 Å². The summed E-state index contributed by atoms with van der Waals surface area (Å²) in [5.41, 5.74) is 2.15. The summed E-state index contributed by atoms with van der Waals surface area (Å²) in [5, 5.41) is 0. The van der Waals surface area contributed by atoms with Gasteiger partial charge in [-0.05, 0) is 25.1 Å². The van der Waals surface area contributed by atoms with Gasteiger partial charge in [0.15, 0.2) is 0 Å². The lowest BCUT2D eigenvalue weighted by atomic mass is 10.2. The number of hydrogen-bond donors (Lipinski definition) is 0. The van der Waals surface area contributed by atoms with Gasteiger partial charge in [-0.3, -0.25) is 0 Å². The molecule has 104 valence electrons. The van der Waals surface area contributed by atoms with Crippen LogP contribution >= 0.6 is 0 Å². The lowest BCUT2D eigenvalue weighted by Gasteiger charge is -2.12. The Balaban J connectivity index is 1.89. The summed E-state index contributed by atoms with van der Waals surface area (Å²) in [6, 6.07) is 12.3. The van der Waals surface area contributed by atoms with E-state index in [-0.39, 0.29) is 6.04 Å². The van der Waals surface area contributed by atoms with E-state index in [1.165, 1.54) is 0 Å². The molecular weight excluding hydrogens is 252 g/mol. The van der Waals surface area contributed by atoms with E-state index in [2.05, 4.69) is 22.5 Å². The zero-order valence-corrected chi connectivity index (χ0v) is 11.7. The van der Waals surface area contributed by atoms with E-state index in [1.807, 2.05) is 36.5 Å². The van der Waals surface area contributed by atoms with Crippen LogP contribution in [-0.2, 0) is 11.3 Å². The minimum absolute atomic E-state index is 0.236. The lowest BCUT2D eigenvalue weighted by molar-refractivity contribution is 0.322. The Morgan fingerprint density at radius 3 is 2.90 bits per heavy atom. The van der Waals surface area contributed by atoms with Crippen LogP contribution in [0.3, 0.4) is 0 Å². The van der Waals surface area contributed by atoms with Crippen LogP contribution in [0.25, 0.3) is 0 Å². The maximum absolute atomic E-state index is 5.64. The second kappa shape index (κ2) is 5.41. The first-order chi connectivity index (χ1) is 9.78. The second-order valence-electron chi connectivity index (χ2n) is 4.93. The molecule has 0 radical (unpaired) electrons. The van der Waals surface area contributed by atoms with E-state index in [4.69, 9.17) is 9.47 Å². The highest BCUT2D eigenvalue weighted by Gasteiger charge is 2.19. The maximum atomic E-state index is 5.64. The van der Waals surface area contributed by atoms with Crippen molar-refractivity contribution in [3.05, 3.63) is 53.9 Å². The zero-order chi connectivity index (χ0) is 13.9. The first kappa shape index (κ1) is 12.8. The summed E-state index contributed by atoms with van der Waals surface area (Å²) in [6.07, 6.45) is 2.04. The molecule has 0 saturated carbocycles. The van der Waals surface area contributed by atoms with Crippen molar-refractivity contribution in [1.82, 2.24) is 4.57 Å². The Labute approximate surface area is 118 Å². The highest BCUT2D eigenvalue weighted by molar-refractivity contribution is 5.93. The molecule has 1 atom stereocenters. The molecule has 1 aromatic heterocycles. The fourth-order valence-electron chi connectivity index (χ4n) is 2.38. The molecule has 1 aliphatic heterocycles. The normalized spacial score (nSPS) is 17.7. The third-order valence-electron chi connectivity index (χ3n) is 3.38. The quantitative estimate of drug-likeness (QED) is 0.856. The third kappa shape index (κ3) is 2.41. The molecule has 4 heteroatoms.